The molecule has 2 heterocycles. The minimum Gasteiger partial charge on any atom is -0.490 e. The van der Waals surface area contributed by atoms with Gasteiger partial charge in [-0.15, -0.1) is 0 Å². The van der Waals surface area contributed by atoms with Gasteiger partial charge < -0.3 is 14.6 Å². The molecule has 1 aliphatic heterocycles. The van der Waals surface area contributed by atoms with Gasteiger partial charge in [0.2, 0.25) is 11.7 Å². The maximum Gasteiger partial charge on any atom is 0.230 e. The number of hydrogen-bond acceptors (Lipinski definition) is 5. The van der Waals surface area contributed by atoms with Gasteiger partial charge >= 0.3 is 0 Å². The number of halogens is 1. The summed E-state index contributed by atoms with van der Waals surface area (Å²) < 4.78 is 11.3. The summed E-state index contributed by atoms with van der Waals surface area (Å²) in [6.07, 6.45) is 2.11. The number of piperidine rings is 1. The highest BCUT2D eigenvalue weighted by Crippen LogP contribution is 2.33. The fourth-order valence-electron chi connectivity index (χ4n) is 2.61. The summed E-state index contributed by atoms with van der Waals surface area (Å²) in [5.74, 6) is 2.28. The van der Waals surface area contributed by atoms with Crippen LogP contribution in [0.25, 0.3) is 11.4 Å². The van der Waals surface area contributed by atoms with E-state index in [0.29, 0.717) is 22.7 Å². The third-order valence-corrected chi connectivity index (χ3v) is 3.91. The fraction of sp³-hybridized carbons (Fsp3) is 0.500. The van der Waals surface area contributed by atoms with E-state index in [2.05, 4.69) is 15.5 Å². The zero-order chi connectivity index (χ0) is 15.5. The van der Waals surface area contributed by atoms with Crippen molar-refractivity contribution in [3.05, 3.63) is 29.1 Å². The fourth-order valence-corrected chi connectivity index (χ4v) is 2.79. The van der Waals surface area contributed by atoms with Crippen molar-refractivity contribution in [3.8, 4) is 17.1 Å². The lowest BCUT2D eigenvalue weighted by Gasteiger charge is -2.18. The number of ether oxygens (including phenoxy) is 1. The lowest BCUT2D eigenvalue weighted by molar-refractivity contribution is 0.243. The molecule has 2 aromatic rings. The molecular formula is C16H20ClN3O2. The molecule has 22 heavy (non-hydrogen) atoms. The molecule has 1 saturated heterocycles. The van der Waals surface area contributed by atoms with Gasteiger partial charge in [0, 0.05) is 10.9 Å². The largest absolute Gasteiger partial charge is 0.490 e. The highest BCUT2D eigenvalue weighted by atomic mass is 35.5. The van der Waals surface area contributed by atoms with E-state index < -0.39 is 0 Å². The quantitative estimate of drug-likeness (QED) is 0.931. The van der Waals surface area contributed by atoms with Crippen LogP contribution in [0.5, 0.6) is 5.75 Å². The van der Waals surface area contributed by atoms with E-state index in [1.807, 2.05) is 26.0 Å². The van der Waals surface area contributed by atoms with Gasteiger partial charge in [0.15, 0.2) is 0 Å². The molecule has 0 saturated carbocycles. The van der Waals surface area contributed by atoms with Crippen molar-refractivity contribution in [1.29, 1.82) is 0 Å². The molecule has 0 bridgehead atoms. The highest BCUT2D eigenvalue weighted by molar-refractivity contribution is 6.30. The average molecular weight is 322 g/mol. The number of aromatic nitrogens is 2. The van der Waals surface area contributed by atoms with Gasteiger partial charge in [-0.05, 0) is 58.0 Å². The molecule has 0 aliphatic carbocycles. The molecule has 1 aliphatic rings. The number of hydrogen-bond donors (Lipinski definition) is 1. The standard InChI is InChI=1S/C16H20ClN3O2/c1-10(2)21-14-4-3-12(17)9-13(14)15-19-16(22-20-15)11-5-7-18-8-6-11/h3-4,9-11,18H,5-8H2,1-2H3. The van der Waals surface area contributed by atoms with Crippen molar-refractivity contribution in [2.75, 3.05) is 13.1 Å². The SMILES string of the molecule is CC(C)Oc1ccc(Cl)cc1-c1noc(C2CCNCC2)n1. The molecule has 0 amide bonds. The Hall–Kier alpha value is -1.59. The lowest BCUT2D eigenvalue weighted by atomic mass is 9.98. The Morgan fingerprint density at radius 2 is 2.09 bits per heavy atom. The van der Waals surface area contributed by atoms with Crippen LogP contribution >= 0.6 is 11.6 Å². The van der Waals surface area contributed by atoms with E-state index in [1.165, 1.54) is 0 Å². The highest BCUT2D eigenvalue weighted by Gasteiger charge is 2.23. The van der Waals surface area contributed by atoms with E-state index >= 15 is 0 Å². The van der Waals surface area contributed by atoms with Crippen LogP contribution in [0.2, 0.25) is 5.02 Å². The normalized spacial score (nSPS) is 16.2. The summed E-state index contributed by atoms with van der Waals surface area (Å²) >= 11 is 6.11. The minimum atomic E-state index is 0.0655. The van der Waals surface area contributed by atoms with Gasteiger partial charge in [-0.2, -0.15) is 4.98 Å². The third kappa shape index (κ3) is 3.42. The number of rotatable bonds is 4. The first-order chi connectivity index (χ1) is 10.6. The van der Waals surface area contributed by atoms with Gasteiger partial charge in [-0.25, -0.2) is 0 Å². The number of nitrogens with one attached hydrogen (secondary N) is 1. The van der Waals surface area contributed by atoms with Crippen molar-refractivity contribution in [1.82, 2.24) is 15.5 Å². The summed E-state index contributed by atoms with van der Waals surface area (Å²) in [6, 6.07) is 5.46. The van der Waals surface area contributed by atoms with Crippen LogP contribution in [0.15, 0.2) is 22.7 Å². The smallest absolute Gasteiger partial charge is 0.230 e. The summed E-state index contributed by atoms with van der Waals surface area (Å²) in [5.41, 5.74) is 0.769. The molecular weight excluding hydrogens is 302 g/mol. The second kappa shape index (κ2) is 6.67. The van der Waals surface area contributed by atoms with Gasteiger partial charge in [0.25, 0.3) is 0 Å². The maximum atomic E-state index is 6.11. The van der Waals surface area contributed by atoms with Gasteiger partial charge in [-0.1, -0.05) is 16.8 Å². The topological polar surface area (TPSA) is 60.2 Å². The van der Waals surface area contributed by atoms with Crippen LogP contribution in [0, 0.1) is 0 Å². The molecule has 0 atom stereocenters. The lowest BCUT2D eigenvalue weighted by Crippen LogP contribution is -2.26. The number of benzene rings is 1. The van der Waals surface area contributed by atoms with Crippen LogP contribution in [0.4, 0.5) is 0 Å². The molecule has 5 nitrogen and oxygen atoms in total. The molecule has 0 spiro atoms. The monoisotopic (exact) mass is 321 g/mol. The second-order valence-corrected chi connectivity index (χ2v) is 6.22. The minimum absolute atomic E-state index is 0.0655. The third-order valence-electron chi connectivity index (χ3n) is 3.68. The zero-order valence-electron chi connectivity index (χ0n) is 12.8. The molecule has 1 N–H and O–H groups in total. The molecule has 1 aromatic heterocycles. The first-order valence-corrected chi connectivity index (χ1v) is 8.02. The van der Waals surface area contributed by atoms with E-state index in [1.54, 1.807) is 6.07 Å². The van der Waals surface area contributed by atoms with Crippen molar-refractivity contribution >= 4 is 11.6 Å². The van der Waals surface area contributed by atoms with E-state index in [-0.39, 0.29) is 6.10 Å². The van der Waals surface area contributed by atoms with Crippen molar-refractivity contribution in [2.45, 2.75) is 38.7 Å². The predicted octanol–water partition coefficient (Wildman–Crippen LogP) is 3.64. The molecule has 6 heteroatoms. The van der Waals surface area contributed by atoms with Crippen LogP contribution in [-0.4, -0.2) is 29.3 Å². The molecule has 0 unspecified atom stereocenters. The van der Waals surface area contributed by atoms with Gasteiger partial charge in [0.1, 0.15) is 5.75 Å². The Morgan fingerprint density at radius 3 is 2.82 bits per heavy atom. The summed E-state index contributed by atoms with van der Waals surface area (Å²) in [5, 5.41) is 8.08. The number of nitrogens with zero attached hydrogens (tertiary/aromatic N) is 2. The van der Waals surface area contributed by atoms with Crippen LogP contribution in [-0.2, 0) is 0 Å². The first kappa shape index (κ1) is 15.3. The molecule has 0 radical (unpaired) electrons. The molecule has 118 valence electrons. The van der Waals surface area contributed by atoms with Crippen molar-refractivity contribution < 1.29 is 9.26 Å². The summed E-state index contributed by atoms with van der Waals surface area (Å²) in [7, 11) is 0. The molecule has 3 rings (SSSR count). The zero-order valence-corrected chi connectivity index (χ0v) is 13.6. The summed E-state index contributed by atoms with van der Waals surface area (Å²) in [6.45, 7) is 5.94. The molecule has 1 aromatic carbocycles. The van der Waals surface area contributed by atoms with E-state index in [4.69, 9.17) is 20.9 Å². The maximum absolute atomic E-state index is 6.11. The van der Waals surface area contributed by atoms with E-state index in [9.17, 15) is 0 Å². The second-order valence-electron chi connectivity index (χ2n) is 5.79. The van der Waals surface area contributed by atoms with Crippen LogP contribution in [0.1, 0.15) is 38.5 Å². The van der Waals surface area contributed by atoms with Crippen molar-refractivity contribution in [3.63, 3.8) is 0 Å². The predicted molar refractivity (Wildman–Crippen MR) is 85.4 cm³/mol. The first-order valence-electron chi connectivity index (χ1n) is 7.64. The Balaban J connectivity index is 1.90. The van der Waals surface area contributed by atoms with Crippen LogP contribution < -0.4 is 10.1 Å². The Bertz CT molecular complexity index is 636. The molecule has 1 fully saturated rings. The van der Waals surface area contributed by atoms with E-state index in [0.717, 1.165) is 37.2 Å². The Labute approximate surface area is 135 Å². The Morgan fingerprint density at radius 1 is 1.32 bits per heavy atom. The van der Waals surface area contributed by atoms with Gasteiger partial charge in [-0.3, -0.25) is 0 Å². The van der Waals surface area contributed by atoms with Crippen molar-refractivity contribution in [2.24, 2.45) is 0 Å². The van der Waals surface area contributed by atoms with Crippen LogP contribution in [0.3, 0.4) is 0 Å². The average Bonchev–Trinajstić information content (AvgIpc) is 2.99. The Kier molecular flexibility index (Phi) is 4.64. The van der Waals surface area contributed by atoms with Gasteiger partial charge in [0.05, 0.1) is 11.7 Å². The summed E-state index contributed by atoms with van der Waals surface area (Å²) in [4.78, 5) is 4.57.